The van der Waals surface area contributed by atoms with Gasteiger partial charge < -0.3 is 20.3 Å². The maximum absolute atomic E-state index is 13.9. The zero-order valence-electron chi connectivity index (χ0n) is 21.0. The van der Waals surface area contributed by atoms with E-state index in [2.05, 4.69) is 10.6 Å². The molecular weight excluding hydrogens is 487 g/mol. The van der Waals surface area contributed by atoms with Crippen molar-refractivity contribution in [1.29, 1.82) is 0 Å². The summed E-state index contributed by atoms with van der Waals surface area (Å²) in [6, 6.07) is 19.0. The van der Waals surface area contributed by atoms with Crippen molar-refractivity contribution in [1.82, 2.24) is 10.2 Å². The van der Waals surface area contributed by atoms with Crippen LogP contribution >= 0.6 is 0 Å². The summed E-state index contributed by atoms with van der Waals surface area (Å²) in [5.41, 5.74) is 1.83. The van der Waals surface area contributed by atoms with Gasteiger partial charge in [-0.05, 0) is 55.0 Å². The molecule has 0 bridgehead atoms. The van der Waals surface area contributed by atoms with Crippen molar-refractivity contribution in [2.45, 2.75) is 25.5 Å². The van der Waals surface area contributed by atoms with Crippen LogP contribution in [0.4, 0.5) is 15.8 Å². The van der Waals surface area contributed by atoms with E-state index in [9.17, 15) is 18.8 Å². The van der Waals surface area contributed by atoms with Gasteiger partial charge in [0.05, 0.1) is 23.8 Å². The summed E-state index contributed by atoms with van der Waals surface area (Å²) in [6.45, 7) is 4.27. The van der Waals surface area contributed by atoms with Crippen LogP contribution in [-0.4, -0.2) is 54.9 Å². The van der Waals surface area contributed by atoms with Crippen LogP contribution < -0.4 is 20.3 Å². The lowest BCUT2D eigenvalue weighted by atomic mass is 10.00. The van der Waals surface area contributed by atoms with Crippen molar-refractivity contribution in [3.63, 3.8) is 0 Å². The SMILES string of the molecule is CC(Oc1ccccc1)C(=O)N1c2ccc(C(=O)N3CCNCC3)cc2NC(=O)CC1c1ccc(F)cc1. The molecule has 8 nitrogen and oxygen atoms in total. The van der Waals surface area contributed by atoms with E-state index in [0.29, 0.717) is 54.4 Å². The molecule has 196 valence electrons. The van der Waals surface area contributed by atoms with Crippen molar-refractivity contribution in [2.24, 2.45) is 0 Å². The van der Waals surface area contributed by atoms with Crippen LogP contribution in [0.1, 0.15) is 35.3 Å². The first-order valence-electron chi connectivity index (χ1n) is 12.6. The van der Waals surface area contributed by atoms with Gasteiger partial charge in [0.25, 0.3) is 11.8 Å². The number of nitrogens with one attached hydrogen (secondary N) is 2. The minimum Gasteiger partial charge on any atom is -0.481 e. The number of nitrogens with zero attached hydrogens (tertiary/aromatic N) is 2. The molecule has 0 saturated carbocycles. The largest absolute Gasteiger partial charge is 0.481 e. The Labute approximate surface area is 220 Å². The Hall–Kier alpha value is -4.24. The molecule has 3 amide bonds. The van der Waals surface area contributed by atoms with Gasteiger partial charge in [0.2, 0.25) is 5.91 Å². The molecule has 9 heteroatoms. The molecule has 0 radical (unpaired) electrons. The monoisotopic (exact) mass is 516 g/mol. The average Bonchev–Trinajstić information content (AvgIpc) is 3.08. The van der Waals surface area contributed by atoms with E-state index >= 15 is 0 Å². The van der Waals surface area contributed by atoms with E-state index in [4.69, 9.17) is 4.74 Å². The van der Waals surface area contributed by atoms with Crippen LogP contribution in [0.2, 0.25) is 0 Å². The Morgan fingerprint density at radius 3 is 2.42 bits per heavy atom. The number of halogens is 1. The Morgan fingerprint density at radius 2 is 1.71 bits per heavy atom. The Morgan fingerprint density at radius 1 is 1.00 bits per heavy atom. The van der Waals surface area contributed by atoms with Gasteiger partial charge in [-0.2, -0.15) is 0 Å². The molecule has 2 heterocycles. The lowest BCUT2D eigenvalue weighted by Crippen LogP contribution is -2.46. The first kappa shape index (κ1) is 25.4. The Balaban J connectivity index is 1.54. The molecule has 3 aromatic rings. The second-order valence-electron chi connectivity index (χ2n) is 9.38. The first-order valence-corrected chi connectivity index (χ1v) is 12.6. The summed E-state index contributed by atoms with van der Waals surface area (Å²) in [7, 11) is 0. The lowest BCUT2D eigenvalue weighted by Gasteiger charge is -2.33. The highest BCUT2D eigenvalue weighted by molar-refractivity contribution is 6.07. The average molecular weight is 517 g/mol. The summed E-state index contributed by atoms with van der Waals surface area (Å²) in [5.74, 6) is -0.710. The molecule has 5 rings (SSSR count). The van der Waals surface area contributed by atoms with Gasteiger partial charge >= 0.3 is 0 Å². The van der Waals surface area contributed by atoms with Crippen molar-refractivity contribution in [3.8, 4) is 5.75 Å². The zero-order chi connectivity index (χ0) is 26.6. The highest BCUT2D eigenvalue weighted by atomic mass is 19.1. The van der Waals surface area contributed by atoms with E-state index in [1.807, 2.05) is 18.2 Å². The van der Waals surface area contributed by atoms with Crippen LogP contribution in [-0.2, 0) is 9.59 Å². The normalized spacial score (nSPS) is 18.2. The van der Waals surface area contributed by atoms with Crippen LogP contribution in [0.3, 0.4) is 0 Å². The third-order valence-corrected chi connectivity index (χ3v) is 6.77. The number of benzene rings is 3. The minimum absolute atomic E-state index is 0.0504. The maximum atomic E-state index is 13.9. The third kappa shape index (κ3) is 5.38. The van der Waals surface area contributed by atoms with Gasteiger partial charge in [-0.1, -0.05) is 30.3 Å². The molecule has 2 N–H and O–H groups in total. The maximum Gasteiger partial charge on any atom is 0.268 e. The molecule has 1 saturated heterocycles. The molecule has 0 aliphatic carbocycles. The zero-order valence-corrected chi connectivity index (χ0v) is 21.0. The topological polar surface area (TPSA) is 91.0 Å². The number of carbonyl (C=O) groups is 3. The fourth-order valence-corrected chi connectivity index (χ4v) is 4.84. The quantitative estimate of drug-likeness (QED) is 0.539. The molecule has 2 aliphatic heterocycles. The smallest absolute Gasteiger partial charge is 0.268 e. The molecule has 3 aromatic carbocycles. The highest BCUT2D eigenvalue weighted by Crippen LogP contribution is 2.39. The second-order valence-corrected chi connectivity index (χ2v) is 9.38. The number of piperazine rings is 1. The van der Waals surface area contributed by atoms with Crippen molar-refractivity contribution >= 4 is 29.1 Å². The molecule has 2 aliphatic rings. The van der Waals surface area contributed by atoms with Gasteiger partial charge in [0, 0.05) is 31.7 Å². The van der Waals surface area contributed by atoms with Crippen molar-refractivity contribution < 1.29 is 23.5 Å². The molecular formula is C29H29FN4O4. The molecule has 38 heavy (non-hydrogen) atoms. The number of carbonyl (C=O) groups excluding carboxylic acids is 3. The Bertz CT molecular complexity index is 1330. The predicted molar refractivity (Wildman–Crippen MR) is 142 cm³/mol. The Kier molecular flexibility index (Phi) is 7.37. The van der Waals surface area contributed by atoms with Gasteiger partial charge in [-0.25, -0.2) is 4.39 Å². The van der Waals surface area contributed by atoms with Gasteiger partial charge in [0.15, 0.2) is 6.10 Å². The van der Waals surface area contributed by atoms with E-state index in [-0.39, 0.29) is 24.1 Å². The highest BCUT2D eigenvalue weighted by Gasteiger charge is 2.37. The third-order valence-electron chi connectivity index (χ3n) is 6.77. The van der Waals surface area contributed by atoms with E-state index in [1.54, 1.807) is 54.3 Å². The number of rotatable bonds is 5. The number of para-hydroxylation sites is 1. The summed E-state index contributed by atoms with van der Waals surface area (Å²) in [5, 5.41) is 6.10. The predicted octanol–water partition coefficient (Wildman–Crippen LogP) is 3.76. The standard InChI is InChI=1S/C29H29FN4O4/c1-19(38-23-5-3-2-4-6-23)28(36)34-25-12-9-21(29(37)33-15-13-31-14-16-33)17-24(25)32-27(35)18-26(34)20-7-10-22(30)11-8-20/h2-12,17,19,26,31H,13-16,18H2,1H3,(H,32,35). The van der Waals surface area contributed by atoms with Gasteiger partial charge in [-0.3, -0.25) is 19.3 Å². The van der Waals surface area contributed by atoms with Crippen LogP contribution in [0.25, 0.3) is 0 Å². The summed E-state index contributed by atoms with van der Waals surface area (Å²) < 4.78 is 19.7. The molecule has 1 fully saturated rings. The van der Waals surface area contributed by atoms with Gasteiger partial charge in [-0.15, -0.1) is 0 Å². The molecule has 2 atom stereocenters. The number of ether oxygens (including phenoxy) is 1. The lowest BCUT2D eigenvalue weighted by molar-refractivity contribution is -0.125. The van der Waals surface area contributed by atoms with Crippen LogP contribution in [0.5, 0.6) is 5.75 Å². The number of fused-ring (bicyclic) bond motifs is 1. The minimum atomic E-state index is -0.886. The fourth-order valence-electron chi connectivity index (χ4n) is 4.84. The first-order chi connectivity index (χ1) is 18.4. The molecule has 0 spiro atoms. The number of amides is 3. The number of hydrogen-bond acceptors (Lipinski definition) is 5. The second kappa shape index (κ2) is 11.0. The van der Waals surface area contributed by atoms with Crippen LogP contribution in [0, 0.1) is 5.82 Å². The summed E-state index contributed by atoms with van der Waals surface area (Å²) in [6.07, 6.45) is -0.936. The fraction of sp³-hybridized carbons (Fsp3) is 0.276. The molecule has 0 aromatic heterocycles. The molecule has 2 unspecified atom stereocenters. The van der Waals surface area contributed by atoms with E-state index < -0.39 is 18.0 Å². The van der Waals surface area contributed by atoms with Crippen molar-refractivity contribution in [2.75, 3.05) is 36.4 Å². The summed E-state index contributed by atoms with van der Waals surface area (Å²) >= 11 is 0. The van der Waals surface area contributed by atoms with Crippen molar-refractivity contribution in [3.05, 3.63) is 89.7 Å². The van der Waals surface area contributed by atoms with Gasteiger partial charge in [0.1, 0.15) is 11.6 Å². The number of anilines is 2. The van der Waals surface area contributed by atoms with Crippen LogP contribution in [0.15, 0.2) is 72.8 Å². The van der Waals surface area contributed by atoms with E-state index in [0.717, 1.165) is 0 Å². The van der Waals surface area contributed by atoms with E-state index in [1.165, 1.54) is 17.0 Å². The summed E-state index contributed by atoms with van der Waals surface area (Å²) in [4.78, 5) is 43.4. The number of hydrogen-bond donors (Lipinski definition) is 2.